The van der Waals surface area contributed by atoms with Crippen molar-refractivity contribution < 1.29 is 14.3 Å². The number of aryl methyl sites for hydroxylation is 1. The van der Waals surface area contributed by atoms with Crippen LogP contribution in [0.15, 0.2) is 30.3 Å². The first-order valence-corrected chi connectivity index (χ1v) is 6.79. The molecule has 0 aromatic heterocycles. The van der Waals surface area contributed by atoms with E-state index in [1.165, 1.54) is 12.7 Å². The van der Waals surface area contributed by atoms with E-state index in [1.807, 2.05) is 25.1 Å². The van der Waals surface area contributed by atoms with Gasteiger partial charge in [0.25, 0.3) is 0 Å². The van der Waals surface area contributed by atoms with Crippen LogP contribution in [0, 0.1) is 17.8 Å². The third-order valence-electron chi connectivity index (χ3n) is 3.21. The van der Waals surface area contributed by atoms with Gasteiger partial charge in [0, 0.05) is 13.0 Å². The normalized spacial score (nSPS) is 12.9. The molecule has 108 valence electrons. The van der Waals surface area contributed by atoms with Crippen molar-refractivity contribution in [1.29, 1.82) is 0 Å². The van der Waals surface area contributed by atoms with E-state index >= 15 is 0 Å². The summed E-state index contributed by atoms with van der Waals surface area (Å²) in [5, 5.41) is 0. The highest BCUT2D eigenvalue weighted by Crippen LogP contribution is 2.14. The zero-order chi connectivity index (χ0) is 14.8. The fraction of sp³-hybridized carbons (Fsp3) is 0.471. The molecule has 0 unspecified atom stereocenters. The lowest BCUT2D eigenvalue weighted by Crippen LogP contribution is -2.20. The monoisotopic (exact) mass is 274 g/mol. The van der Waals surface area contributed by atoms with Crippen molar-refractivity contribution in [2.75, 3.05) is 14.2 Å². The van der Waals surface area contributed by atoms with Crippen LogP contribution in [0.25, 0.3) is 0 Å². The van der Waals surface area contributed by atoms with Gasteiger partial charge >= 0.3 is 5.97 Å². The summed E-state index contributed by atoms with van der Waals surface area (Å²) in [6, 6.07) is 10.3. The summed E-state index contributed by atoms with van der Waals surface area (Å²) < 4.78 is 10.1. The molecule has 0 amide bonds. The number of hydrogen-bond acceptors (Lipinski definition) is 3. The Morgan fingerprint density at radius 1 is 1.25 bits per heavy atom. The average Bonchev–Trinajstić information content (AvgIpc) is 2.48. The third-order valence-corrected chi connectivity index (χ3v) is 3.21. The molecule has 1 aromatic rings. The molecule has 0 radical (unpaired) electrons. The van der Waals surface area contributed by atoms with Crippen LogP contribution in [0.3, 0.4) is 0 Å². The Labute approximate surface area is 121 Å². The fourth-order valence-corrected chi connectivity index (χ4v) is 1.97. The maximum atomic E-state index is 11.0. The SMILES string of the molecule is COC(=O)CC#C[C@H](C)[C@H](CCc1ccccc1)OC. The summed E-state index contributed by atoms with van der Waals surface area (Å²) >= 11 is 0. The van der Waals surface area contributed by atoms with E-state index in [4.69, 9.17) is 4.74 Å². The molecule has 3 heteroatoms. The minimum Gasteiger partial charge on any atom is -0.468 e. The average molecular weight is 274 g/mol. The van der Waals surface area contributed by atoms with Gasteiger partial charge in [0.1, 0.15) is 6.42 Å². The minimum absolute atomic E-state index is 0.0698. The van der Waals surface area contributed by atoms with Crippen LogP contribution in [-0.2, 0) is 20.7 Å². The van der Waals surface area contributed by atoms with Gasteiger partial charge in [-0.25, -0.2) is 0 Å². The Kier molecular flexibility index (Phi) is 7.46. The lowest BCUT2D eigenvalue weighted by molar-refractivity contribution is -0.139. The molecule has 0 aliphatic carbocycles. The van der Waals surface area contributed by atoms with Gasteiger partial charge < -0.3 is 9.47 Å². The summed E-state index contributed by atoms with van der Waals surface area (Å²) in [6.45, 7) is 2.02. The van der Waals surface area contributed by atoms with E-state index in [0.717, 1.165) is 12.8 Å². The van der Waals surface area contributed by atoms with Crippen LogP contribution in [0.2, 0.25) is 0 Å². The summed E-state index contributed by atoms with van der Waals surface area (Å²) in [6.07, 6.45) is 2.08. The van der Waals surface area contributed by atoms with Gasteiger partial charge in [-0.15, -0.1) is 0 Å². The summed E-state index contributed by atoms with van der Waals surface area (Å²) in [7, 11) is 3.07. The largest absolute Gasteiger partial charge is 0.468 e. The minimum atomic E-state index is -0.303. The predicted octanol–water partition coefficient (Wildman–Crippen LogP) is 2.84. The number of esters is 1. The van der Waals surface area contributed by atoms with Crippen LogP contribution in [0.5, 0.6) is 0 Å². The fourth-order valence-electron chi connectivity index (χ4n) is 1.97. The maximum absolute atomic E-state index is 11.0. The Hall–Kier alpha value is -1.79. The van der Waals surface area contributed by atoms with E-state index in [9.17, 15) is 4.79 Å². The van der Waals surface area contributed by atoms with Crippen molar-refractivity contribution in [3.05, 3.63) is 35.9 Å². The van der Waals surface area contributed by atoms with Crippen LogP contribution in [0.4, 0.5) is 0 Å². The van der Waals surface area contributed by atoms with Crippen molar-refractivity contribution in [2.45, 2.75) is 32.3 Å². The van der Waals surface area contributed by atoms with Crippen LogP contribution >= 0.6 is 0 Å². The number of carbonyl (C=O) groups is 1. The van der Waals surface area contributed by atoms with E-state index in [0.29, 0.717) is 0 Å². The van der Waals surface area contributed by atoms with E-state index in [-0.39, 0.29) is 24.4 Å². The molecule has 0 saturated heterocycles. The van der Waals surface area contributed by atoms with Gasteiger partial charge in [0.2, 0.25) is 0 Å². The predicted molar refractivity (Wildman–Crippen MR) is 79.1 cm³/mol. The van der Waals surface area contributed by atoms with Crippen LogP contribution in [-0.4, -0.2) is 26.3 Å². The Morgan fingerprint density at radius 3 is 2.55 bits per heavy atom. The van der Waals surface area contributed by atoms with E-state index in [2.05, 4.69) is 28.7 Å². The maximum Gasteiger partial charge on any atom is 0.317 e. The molecule has 1 rings (SSSR count). The van der Waals surface area contributed by atoms with Crippen molar-refractivity contribution in [3.63, 3.8) is 0 Å². The Bertz CT molecular complexity index is 456. The smallest absolute Gasteiger partial charge is 0.317 e. The topological polar surface area (TPSA) is 35.5 Å². The number of rotatable bonds is 6. The molecule has 20 heavy (non-hydrogen) atoms. The number of methoxy groups -OCH3 is 2. The first kappa shape index (κ1) is 16.3. The zero-order valence-electron chi connectivity index (χ0n) is 12.4. The summed E-state index contributed by atoms with van der Waals surface area (Å²) in [5.74, 6) is 5.69. The van der Waals surface area contributed by atoms with Gasteiger partial charge in [0.15, 0.2) is 0 Å². The molecule has 3 nitrogen and oxygen atoms in total. The third kappa shape index (κ3) is 5.90. The second kappa shape index (κ2) is 9.17. The molecule has 0 spiro atoms. The highest BCUT2D eigenvalue weighted by Gasteiger charge is 2.14. The van der Waals surface area contributed by atoms with Crippen molar-refractivity contribution in [2.24, 2.45) is 5.92 Å². The van der Waals surface area contributed by atoms with Gasteiger partial charge in [-0.3, -0.25) is 4.79 Å². The van der Waals surface area contributed by atoms with Gasteiger partial charge in [-0.2, -0.15) is 0 Å². The molecular weight excluding hydrogens is 252 g/mol. The van der Waals surface area contributed by atoms with E-state index in [1.54, 1.807) is 7.11 Å². The van der Waals surface area contributed by atoms with E-state index < -0.39 is 0 Å². The molecule has 0 aliphatic heterocycles. The first-order chi connectivity index (χ1) is 9.67. The zero-order valence-corrected chi connectivity index (χ0v) is 12.4. The molecule has 0 fully saturated rings. The quantitative estimate of drug-likeness (QED) is 0.591. The molecule has 0 N–H and O–H groups in total. The molecule has 0 saturated carbocycles. The Morgan fingerprint density at radius 2 is 1.95 bits per heavy atom. The van der Waals surface area contributed by atoms with Gasteiger partial charge in [-0.05, 0) is 25.3 Å². The van der Waals surface area contributed by atoms with Gasteiger partial charge in [0.05, 0.1) is 13.2 Å². The van der Waals surface area contributed by atoms with Crippen molar-refractivity contribution in [3.8, 4) is 11.8 Å². The molecule has 2 atom stereocenters. The number of carbonyl (C=O) groups excluding carboxylic acids is 1. The second-order valence-corrected chi connectivity index (χ2v) is 4.66. The second-order valence-electron chi connectivity index (χ2n) is 4.66. The number of ether oxygens (including phenoxy) is 2. The van der Waals surface area contributed by atoms with Crippen molar-refractivity contribution in [1.82, 2.24) is 0 Å². The lowest BCUT2D eigenvalue weighted by Gasteiger charge is -2.18. The standard InChI is InChI=1S/C17H22O3/c1-14(8-7-11-17(18)20-3)16(19-2)13-12-15-9-5-4-6-10-15/h4-6,9-10,14,16H,11-13H2,1-3H3/t14-,16-/m0/s1. The molecule has 1 aromatic carbocycles. The van der Waals surface area contributed by atoms with Crippen LogP contribution in [0.1, 0.15) is 25.3 Å². The molecular formula is C17H22O3. The summed E-state index contributed by atoms with van der Waals surface area (Å²) in [4.78, 5) is 11.0. The van der Waals surface area contributed by atoms with Crippen molar-refractivity contribution >= 4 is 5.97 Å². The summed E-state index contributed by atoms with van der Waals surface area (Å²) in [5.41, 5.74) is 1.30. The Balaban J connectivity index is 2.46. The highest BCUT2D eigenvalue weighted by atomic mass is 16.5. The lowest BCUT2D eigenvalue weighted by atomic mass is 9.98. The van der Waals surface area contributed by atoms with Gasteiger partial charge in [-0.1, -0.05) is 42.2 Å². The molecule has 0 heterocycles. The van der Waals surface area contributed by atoms with Crippen LogP contribution < -0.4 is 0 Å². The number of benzene rings is 1. The first-order valence-electron chi connectivity index (χ1n) is 6.79. The number of hydrogen-bond donors (Lipinski definition) is 0. The molecule has 0 bridgehead atoms. The highest BCUT2D eigenvalue weighted by molar-refractivity contribution is 5.72. The molecule has 0 aliphatic rings.